The maximum absolute atomic E-state index is 11.1. The summed E-state index contributed by atoms with van der Waals surface area (Å²) in [5, 5.41) is 0. The number of rotatable bonds is 5. The third kappa shape index (κ3) is 4.74. The van der Waals surface area contributed by atoms with E-state index in [-0.39, 0.29) is 5.97 Å². The van der Waals surface area contributed by atoms with E-state index in [1.807, 2.05) is 11.8 Å². The van der Waals surface area contributed by atoms with Gasteiger partial charge in [-0.2, -0.15) is 11.8 Å². The van der Waals surface area contributed by atoms with Crippen molar-refractivity contribution in [3.05, 3.63) is 11.6 Å². The van der Waals surface area contributed by atoms with Crippen molar-refractivity contribution in [2.75, 3.05) is 12.9 Å². The average molecular weight is 256 g/mol. The molecule has 0 saturated carbocycles. The van der Waals surface area contributed by atoms with Crippen LogP contribution in [0.2, 0.25) is 0 Å². The lowest BCUT2D eigenvalue weighted by Crippen LogP contribution is -2.24. The van der Waals surface area contributed by atoms with E-state index in [1.54, 1.807) is 5.57 Å². The summed E-state index contributed by atoms with van der Waals surface area (Å²) in [6.07, 6.45) is 6.49. The van der Waals surface area contributed by atoms with Crippen molar-refractivity contribution >= 4 is 17.7 Å². The van der Waals surface area contributed by atoms with Gasteiger partial charge in [-0.25, -0.2) is 0 Å². The Balaban J connectivity index is 2.37. The fourth-order valence-corrected chi connectivity index (χ4v) is 3.31. The summed E-state index contributed by atoms with van der Waals surface area (Å²) in [7, 11) is 1.45. The van der Waals surface area contributed by atoms with Gasteiger partial charge in [-0.05, 0) is 25.2 Å². The highest BCUT2D eigenvalue weighted by molar-refractivity contribution is 8.00. The molecule has 0 heterocycles. The second-order valence-corrected chi connectivity index (χ2v) is 6.94. The summed E-state index contributed by atoms with van der Waals surface area (Å²) >= 11 is 1.91. The minimum Gasteiger partial charge on any atom is -0.469 e. The number of methoxy groups -OCH3 is 1. The number of esters is 1. The topological polar surface area (TPSA) is 26.3 Å². The van der Waals surface area contributed by atoms with E-state index in [0.29, 0.717) is 17.1 Å². The highest BCUT2D eigenvalue weighted by Gasteiger charge is 2.28. The molecule has 1 aliphatic rings. The number of thioether (sulfide) groups is 1. The Morgan fingerprint density at radius 1 is 1.59 bits per heavy atom. The van der Waals surface area contributed by atoms with Gasteiger partial charge in [0.05, 0.1) is 13.5 Å². The number of hydrogen-bond acceptors (Lipinski definition) is 3. The molecule has 1 rings (SSSR count). The van der Waals surface area contributed by atoms with Gasteiger partial charge >= 0.3 is 5.97 Å². The lowest BCUT2D eigenvalue weighted by atomic mass is 9.85. The number of hydrogen-bond donors (Lipinski definition) is 0. The van der Waals surface area contributed by atoms with E-state index >= 15 is 0 Å². The predicted molar refractivity (Wildman–Crippen MR) is 74.3 cm³/mol. The maximum Gasteiger partial charge on any atom is 0.306 e. The Bertz CT molecular complexity index is 297. The number of carbonyl (C=O) groups is 1. The molecule has 1 aliphatic carbocycles. The number of allylic oxidation sites excluding steroid dienone is 2. The lowest BCUT2D eigenvalue weighted by Gasteiger charge is -2.33. The van der Waals surface area contributed by atoms with E-state index in [9.17, 15) is 4.79 Å². The molecule has 0 aromatic carbocycles. The van der Waals surface area contributed by atoms with Crippen molar-refractivity contribution in [2.45, 2.75) is 51.2 Å². The third-order valence-corrected chi connectivity index (χ3v) is 4.94. The molecular formula is C14H24O2S. The first-order valence-corrected chi connectivity index (χ1v) is 7.35. The summed E-state index contributed by atoms with van der Waals surface area (Å²) in [6, 6.07) is 0. The van der Waals surface area contributed by atoms with E-state index < -0.39 is 0 Å². The van der Waals surface area contributed by atoms with Gasteiger partial charge in [-0.3, -0.25) is 4.79 Å². The highest BCUT2D eigenvalue weighted by atomic mass is 32.2. The smallest absolute Gasteiger partial charge is 0.306 e. The van der Waals surface area contributed by atoms with Gasteiger partial charge in [0.25, 0.3) is 0 Å². The van der Waals surface area contributed by atoms with Crippen molar-refractivity contribution in [3.63, 3.8) is 0 Å². The van der Waals surface area contributed by atoms with Crippen molar-refractivity contribution < 1.29 is 9.53 Å². The SMILES string of the molecule is COC(=O)CCSC1(C)CC=C(C(C)C)CC1. The first kappa shape index (κ1) is 14.6. The van der Waals surface area contributed by atoms with Crippen LogP contribution in [-0.4, -0.2) is 23.6 Å². The lowest BCUT2D eigenvalue weighted by molar-refractivity contribution is -0.140. The standard InChI is InChI=1S/C14H24O2S/c1-11(2)12-5-8-14(3,9-6-12)17-10-7-13(15)16-4/h5,11H,6-10H2,1-4H3. The molecule has 0 aliphatic heterocycles. The van der Waals surface area contributed by atoms with Crippen LogP contribution in [0.5, 0.6) is 0 Å². The van der Waals surface area contributed by atoms with Crippen LogP contribution in [0.15, 0.2) is 11.6 Å². The van der Waals surface area contributed by atoms with Gasteiger partial charge in [0.2, 0.25) is 0 Å². The minimum absolute atomic E-state index is 0.102. The monoisotopic (exact) mass is 256 g/mol. The Labute approximate surface area is 109 Å². The molecule has 0 spiro atoms. The first-order valence-electron chi connectivity index (χ1n) is 6.36. The van der Waals surface area contributed by atoms with Crippen LogP contribution in [0.25, 0.3) is 0 Å². The van der Waals surface area contributed by atoms with Gasteiger partial charge in [0.1, 0.15) is 0 Å². The molecule has 0 N–H and O–H groups in total. The Morgan fingerprint density at radius 2 is 2.29 bits per heavy atom. The van der Waals surface area contributed by atoms with Crippen molar-refractivity contribution in [2.24, 2.45) is 5.92 Å². The fraction of sp³-hybridized carbons (Fsp3) is 0.786. The molecule has 3 heteroatoms. The molecule has 0 amide bonds. The molecule has 0 aromatic rings. The predicted octanol–water partition coefficient (Wildman–Crippen LogP) is 3.81. The fourth-order valence-electron chi connectivity index (χ4n) is 2.10. The van der Waals surface area contributed by atoms with Gasteiger partial charge in [0, 0.05) is 10.5 Å². The molecular weight excluding hydrogens is 232 g/mol. The first-order chi connectivity index (χ1) is 7.97. The molecule has 98 valence electrons. The largest absolute Gasteiger partial charge is 0.469 e. The second-order valence-electron chi connectivity index (χ2n) is 5.26. The van der Waals surface area contributed by atoms with Crippen LogP contribution in [0.4, 0.5) is 0 Å². The summed E-state index contributed by atoms with van der Waals surface area (Å²) in [5.74, 6) is 1.45. The zero-order valence-corrected chi connectivity index (χ0v) is 12.2. The Morgan fingerprint density at radius 3 is 2.76 bits per heavy atom. The number of ether oxygens (including phenoxy) is 1. The summed E-state index contributed by atoms with van der Waals surface area (Å²) < 4.78 is 4.97. The zero-order valence-electron chi connectivity index (χ0n) is 11.4. The Hall–Kier alpha value is -0.440. The maximum atomic E-state index is 11.1. The summed E-state index contributed by atoms with van der Waals surface area (Å²) in [4.78, 5) is 11.1. The molecule has 0 bridgehead atoms. The van der Waals surface area contributed by atoms with Crippen LogP contribution in [0.1, 0.15) is 46.5 Å². The van der Waals surface area contributed by atoms with Crippen molar-refractivity contribution in [3.8, 4) is 0 Å². The summed E-state index contributed by atoms with van der Waals surface area (Å²) in [5.41, 5.74) is 1.59. The summed E-state index contributed by atoms with van der Waals surface area (Å²) in [6.45, 7) is 6.83. The molecule has 0 fully saturated rings. The molecule has 1 atom stereocenters. The van der Waals surface area contributed by atoms with Crippen LogP contribution in [-0.2, 0) is 9.53 Å². The van der Waals surface area contributed by atoms with E-state index in [2.05, 4.69) is 31.6 Å². The molecule has 0 saturated heterocycles. The van der Waals surface area contributed by atoms with Gasteiger partial charge in [0.15, 0.2) is 0 Å². The van der Waals surface area contributed by atoms with Crippen LogP contribution >= 0.6 is 11.8 Å². The molecule has 2 nitrogen and oxygen atoms in total. The Kier molecular flexibility index (Phi) is 5.57. The van der Waals surface area contributed by atoms with E-state index in [0.717, 1.165) is 12.2 Å². The van der Waals surface area contributed by atoms with Crippen LogP contribution in [0, 0.1) is 5.92 Å². The molecule has 0 radical (unpaired) electrons. The van der Waals surface area contributed by atoms with Crippen LogP contribution < -0.4 is 0 Å². The zero-order chi connectivity index (χ0) is 12.9. The van der Waals surface area contributed by atoms with Gasteiger partial charge in [-0.1, -0.05) is 32.4 Å². The van der Waals surface area contributed by atoms with Gasteiger partial charge < -0.3 is 4.74 Å². The van der Waals surface area contributed by atoms with E-state index in [1.165, 1.54) is 20.0 Å². The van der Waals surface area contributed by atoms with Crippen molar-refractivity contribution in [1.82, 2.24) is 0 Å². The van der Waals surface area contributed by atoms with E-state index in [4.69, 9.17) is 0 Å². The molecule has 17 heavy (non-hydrogen) atoms. The number of carbonyl (C=O) groups excluding carboxylic acids is 1. The highest BCUT2D eigenvalue weighted by Crippen LogP contribution is 2.40. The van der Waals surface area contributed by atoms with Gasteiger partial charge in [-0.15, -0.1) is 0 Å². The average Bonchev–Trinajstić information content (AvgIpc) is 2.29. The minimum atomic E-state index is -0.102. The molecule has 1 unspecified atom stereocenters. The third-order valence-electron chi connectivity index (χ3n) is 3.46. The second kappa shape index (κ2) is 6.48. The van der Waals surface area contributed by atoms with Crippen molar-refractivity contribution in [1.29, 1.82) is 0 Å². The quantitative estimate of drug-likeness (QED) is 0.553. The van der Waals surface area contributed by atoms with Crippen LogP contribution in [0.3, 0.4) is 0 Å². The molecule has 0 aromatic heterocycles. The normalized spacial score (nSPS) is 24.6.